The van der Waals surface area contributed by atoms with Crippen molar-refractivity contribution in [2.75, 3.05) is 39.8 Å². The Balaban J connectivity index is 0.00000364. The van der Waals surface area contributed by atoms with E-state index in [0.29, 0.717) is 17.7 Å². The summed E-state index contributed by atoms with van der Waals surface area (Å²) in [5, 5.41) is 3.59. The highest BCUT2D eigenvalue weighted by atomic mass is 127. The molecule has 0 unspecified atom stereocenters. The van der Waals surface area contributed by atoms with Crippen molar-refractivity contribution in [3.63, 3.8) is 0 Å². The second kappa shape index (κ2) is 12.1. The molecule has 1 heterocycles. The van der Waals surface area contributed by atoms with Crippen LogP contribution in [0.1, 0.15) is 19.8 Å². The lowest BCUT2D eigenvalue weighted by Crippen LogP contribution is -2.48. The number of ether oxygens (including phenoxy) is 1. The molecule has 2 rings (SSSR count). The van der Waals surface area contributed by atoms with Gasteiger partial charge in [0.25, 0.3) is 0 Å². The van der Waals surface area contributed by atoms with Crippen molar-refractivity contribution in [1.82, 2.24) is 14.9 Å². The molecule has 0 saturated carbocycles. The molecule has 0 aromatic heterocycles. The van der Waals surface area contributed by atoms with Gasteiger partial charge in [0.15, 0.2) is 5.96 Å². The lowest BCUT2D eigenvalue weighted by Gasteiger charge is -2.34. The molecular formula is C17H28ClIN4O3S. The Bertz CT molecular complexity index is 710. The molecule has 1 saturated heterocycles. The number of guanidine groups is 1. The van der Waals surface area contributed by atoms with Crippen molar-refractivity contribution in [2.45, 2.75) is 30.8 Å². The molecule has 1 aromatic rings. The lowest BCUT2D eigenvalue weighted by atomic mass is 10.1. The molecule has 10 heteroatoms. The van der Waals surface area contributed by atoms with Crippen LogP contribution in [0, 0.1) is 0 Å². The quantitative estimate of drug-likeness (QED) is 0.245. The SMILES string of the molecule is CCOC1CCN(C(=NC)NCCNS(=O)(=O)c2cccc(Cl)c2)CC1.I. The van der Waals surface area contributed by atoms with Gasteiger partial charge in [0, 0.05) is 44.9 Å². The Morgan fingerprint density at radius 3 is 2.63 bits per heavy atom. The minimum absolute atomic E-state index is 0. The molecule has 0 atom stereocenters. The van der Waals surface area contributed by atoms with Crippen LogP contribution in [0.25, 0.3) is 0 Å². The maximum Gasteiger partial charge on any atom is 0.240 e. The van der Waals surface area contributed by atoms with Gasteiger partial charge in [-0.1, -0.05) is 17.7 Å². The van der Waals surface area contributed by atoms with Gasteiger partial charge >= 0.3 is 0 Å². The van der Waals surface area contributed by atoms with Crippen LogP contribution in [0.5, 0.6) is 0 Å². The number of nitrogens with one attached hydrogen (secondary N) is 2. The molecule has 0 bridgehead atoms. The van der Waals surface area contributed by atoms with E-state index in [1.807, 2.05) is 6.92 Å². The van der Waals surface area contributed by atoms with Crippen LogP contribution in [-0.2, 0) is 14.8 Å². The zero-order chi connectivity index (χ0) is 19.0. The van der Waals surface area contributed by atoms with Gasteiger partial charge in [-0.2, -0.15) is 0 Å². The fraction of sp³-hybridized carbons (Fsp3) is 0.588. The monoisotopic (exact) mass is 530 g/mol. The number of likely N-dealkylation sites (tertiary alicyclic amines) is 1. The van der Waals surface area contributed by atoms with Crippen LogP contribution < -0.4 is 10.0 Å². The number of sulfonamides is 1. The summed E-state index contributed by atoms with van der Waals surface area (Å²) in [6, 6.07) is 6.20. The van der Waals surface area contributed by atoms with E-state index in [2.05, 4.69) is 19.9 Å². The molecule has 0 radical (unpaired) electrons. The minimum atomic E-state index is -3.57. The van der Waals surface area contributed by atoms with Gasteiger partial charge in [0.05, 0.1) is 11.0 Å². The third-order valence-electron chi connectivity index (χ3n) is 4.16. The summed E-state index contributed by atoms with van der Waals surface area (Å²) in [4.78, 5) is 6.61. The number of piperidine rings is 1. The fourth-order valence-corrected chi connectivity index (χ4v) is 4.21. The first-order chi connectivity index (χ1) is 12.5. The van der Waals surface area contributed by atoms with E-state index in [0.717, 1.165) is 38.5 Å². The average molecular weight is 531 g/mol. The van der Waals surface area contributed by atoms with E-state index in [9.17, 15) is 8.42 Å². The predicted octanol–water partition coefficient (Wildman–Crippen LogP) is 2.31. The standard InChI is InChI=1S/C17H27ClN4O3S.HI/c1-3-25-15-7-11-22(12-8-15)17(19-2)20-9-10-21-26(23,24)16-6-4-5-14(18)13-16;/h4-6,13,15,21H,3,7-12H2,1-2H3,(H,19,20);1H. The zero-order valence-corrected chi connectivity index (χ0v) is 19.6. The van der Waals surface area contributed by atoms with Crippen LogP contribution in [0.4, 0.5) is 0 Å². The summed E-state index contributed by atoms with van der Waals surface area (Å²) >= 11 is 5.85. The van der Waals surface area contributed by atoms with E-state index in [-0.39, 0.29) is 35.4 Å². The highest BCUT2D eigenvalue weighted by Crippen LogP contribution is 2.15. The zero-order valence-electron chi connectivity index (χ0n) is 15.7. The van der Waals surface area contributed by atoms with Crippen molar-refractivity contribution >= 4 is 51.6 Å². The first-order valence-electron chi connectivity index (χ1n) is 8.78. The van der Waals surface area contributed by atoms with Crippen LogP contribution in [0.2, 0.25) is 5.02 Å². The topological polar surface area (TPSA) is 83.0 Å². The van der Waals surface area contributed by atoms with Gasteiger partial charge in [0.1, 0.15) is 0 Å². The molecule has 27 heavy (non-hydrogen) atoms. The van der Waals surface area contributed by atoms with Crippen molar-refractivity contribution in [3.8, 4) is 0 Å². The molecule has 2 N–H and O–H groups in total. The summed E-state index contributed by atoms with van der Waals surface area (Å²) in [5.74, 6) is 0.780. The molecule has 1 aliphatic rings. The van der Waals surface area contributed by atoms with Gasteiger partial charge in [0.2, 0.25) is 10.0 Å². The normalized spacial score (nSPS) is 16.1. The summed E-state index contributed by atoms with van der Waals surface area (Å²) in [5.41, 5.74) is 0. The van der Waals surface area contributed by atoms with Crippen molar-refractivity contribution in [2.24, 2.45) is 4.99 Å². The third kappa shape index (κ3) is 7.72. The number of hydrogen-bond acceptors (Lipinski definition) is 4. The molecule has 1 fully saturated rings. The number of nitrogens with zero attached hydrogens (tertiary/aromatic N) is 2. The van der Waals surface area contributed by atoms with Gasteiger partial charge < -0.3 is 15.0 Å². The van der Waals surface area contributed by atoms with Crippen LogP contribution in [-0.4, -0.2) is 65.2 Å². The van der Waals surface area contributed by atoms with Crippen molar-refractivity contribution in [3.05, 3.63) is 29.3 Å². The van der Waals surface area contributed by atoms with Gasteiger partial charge in [-0.25, -0.2) is 13.1 Å². The highest BCUT2D eigenvalue weighted by Gasteiger charge is 2.21. The van der Waals surface area contributed by atoms with Crippen molar-refractivity contribution < 1.29 is 13.2 Å². The molecule has 154 valence electrons. The molecule has 1 aromatic carbocycles. The van der Waals surface area contributed by atoms with Gasteiger partial charge in [-0.15, -0.1) is 24.0 Å². The number of rotatable bonds is 7. The molecule has 0 aliphatic carbocycles. The Labute approximate surface area is 184 Å². The number of aliphatic imine (C=N–C) groups is 1. The number of halogens is 2. The molecule has 0 amide bonds. The fourth-order valence-electron chi connectivity index (χ4n) is 2.88. The predicted molar refractivity (Wildman–Crippen MR) is 120 cm³/mol. The molecule has 0 spiro atoms. The van der Waals surface area contributed by atoms with Gasteiger partial charge in [-0.05, 0) is 38.0 Å². The first-order valence-corrected chi connectivity index (χ1v) is 10.6. The Hall–Kier alpha value is -0.620. The highest BCUT2D eigenvalue weighted by molar-refractivity contribution is 14.0. The Morgan fingerprint density at radius 1 is 1.33 bits per heavy atom. The maximum atomic E-state index is 12.2. The third-order valence-corrected chi connectivity index (χ3v) is 5.86. The number of hydrogen-bond donors (Lipinski definition) is 2. The second-order valence-corrected chi connectivity index (χ2v) is 8.17. The summed E-state index contributed by atoms with van der Waals surface area (Å²) < 4.78 is 32.7. The summed E-state index contributed by atoms with van der Waals surface area (Å²) in [6.07, 6.45) is 2.25. The molecular weight excluding hydrogens is 503 g/mol. The van der Waals surface area contributed by atoms with Crippen LogP contribution in [0.3, 0.4) is 0 Å². The van der Waals surface area contributed by atoms with E-state index in [1.165, 1.54) is 12.1 Å². The van der Waals surface area contributed by atoms with E-state index in [1.54, 1.807) is 19.2 Å². The van der Waals surface area contributed by atoms with E-state index < -0.39 is 10.0 Å². The summed E-state index contributed by atoms with van der Waals surface area (Å²) in [6.45, 7) is 5.19. The number of benzene rings is 1. The first kappa shape index (κ1) is 24.4. The van der Waals surface area contributed by atoms with E-state index >= 15 is 0 Å². The lowest BCUT2D eigenvalue weighted by molar-refractivity contribution is 0.0264. The minimum Gasteiger partial charge on any atom is -0.378 e. The molecule has 7 nitrogen and oxygen atoms in total. The van der Waals surface area contributed by atoms with E-state index in [4.69, 9.17) is 16.3 Å². The molecule has 1 aliphatic heterocycles. The second-order valence-electron chi connectivity index (χ2n) is 5.97. The smallest absolute Gasteiger partial charge is 0.240 e. The van der Waals surface area contributed by atoms with Crippen LogP contribution >= 0.6 is 35.6 Å². The largest absolute Gasteiger partial charge is 0.378 e. The van der Waals surface area contributed by atoms with Crippen molar-refractivity contribution in [1.29, 1.82) is 0 Å². The van der Waals surface area contributed by atoms with Crippen LogP contribution in [0.15, 0.2) is 34.2 Å². The maximum absolute atomic E-state index is 12.2. The Kier molecular flexibility index (Phi) is 10.9. The summed E-state index contributed by atoms with van der Waals surface area (Å²) in [7, 11) is -1.84. The average Bonchev–Trinajstić information content (AvgIpc) is 2.63. The van der Waals surface area contributed by atoms with Gasteiger partial charge in [-0.3, -0.25) is 4.99 Å². The Morgan fingerprint density at radius 2 is 2.04 bits per heavy atom.